The number of benzene rings is 2. The van der Waals surface area contributed by atoms with Gasteiger partial charge in [-0.15, -0.1) is 0 Å². The van der Waals surface area contributed by atoms with Gasteiger partial charge in [0.05, 0.1) is 17.3 Å². The summed E-state index contributed by atoms with van der Waals surface area (Å²) in [4.78, 5) is 36.8. The molecular weight excluding hydrogens is 438 g/mol. The minimum atomic E-state index is -0.425. The third kappa shape index (κ3) is 4.07. The SMILES string of the molecule is O=C(Cn1[nH]c(=O)c2ccccc2c1=O)NCc1ccc(-c2ccc(Br)cc2)o1. The zero-order chi connectivity index (χ0) is 20.4. The number of nitrogens with one attached hydrogen (secondary N) is 2. The van der Waals surface area contributed by atoms with Gasteiger partial charge in [0.25, 0.3) is 11.1 Å². The standard InChI is InChI=1S/C21H16BrN3O4/c22-14-7-5-13(6-8-14)18-10-9-15(29-18)11-23-19(26)12-25-21(28)17-4-2-1-3-16(17)20(27)24-25/h1-10H,11-12H2,(H,23,26)(H,24,27). The van der Waals surface area contributed by atoms with E-state index in [1.165, 1.54) is 0 Å². The highest BCUT2D eigenvalue weighted by Gasteiger charge is 2.11. The molecule has 2 heterocycles. The fourth-order valence-corrected chi connectivity index (χ4v) is 3.25. The Balaban J connectivity index is 1.44. The second kappa shape index (κ2) is 7.92. The lowest BCUT2D eigenvalue weighted by Crippen LogP contribution is -2.36. The molecule has 146 valence electrons. The predicted molar refractivity (Wildman–Crippen MR) is 113 cm³/mol. The van der Waals surface area contributed by atoms with E-state index in [2.05, 4.69) is 26.3 Å². The molecule has 0 bridgehead atoms. The van der Waals surface area contributed by atoms with Gasteiger partial charge in [0.1, 0.15) is 18.1 Å². The van der Waals surface area contributed by atoms with Crippen LogP contribution in [0.4, 0.5) is 0 Å². The number of carbonyl (C=O) groups is 1. The topological polar surface area (TPSA) is 97.1 Å². The maximum absolute atomic E-state index is 12.5. The van der Waals surface area contributed by atoms with Crippen LogP contribution in [0.5, 0.6) is 0 Å². The number of fused-ring (bicyclic) bond motifs is 1. The van der Waals surface area contributed by atoms with Crippen molar-refractivity contribution in [2.45, 2.75) is 13.1 Å². The Morgan fingerprint density at radius 1 is 1.00 bits per heavy atom. The lowest BCUT2D eigenvalue weighted by atomic mass is 10.2. The zero-order valence-corrected chi connectivity index (χ0v) is 16.7. The maximum atomic E-state index is 12.5. The summed E-state index contributed by atoms with van der Waals surface area (Å²) in [6.45, 7) is -0.124. The number of rotatable bonds is 5. The first-order valence-corrected chi connectivity index (χ1v) is 9.64. The monoisotopic (exact) mass is 453 g/mol. The van der Waals surface area contributed by atoms with Gasteiger partial charge in [0.15, 0.2) is 0 Å². The van der Waals surface area contributed by atoms with Crippen molar-refractivity contribution in [3.63, 3.8) is 0 Å². The summed E-state index contributed by atoms with van der Waals surface area (Å²) < 4.78 is 7.74. The summed E-state index contributed by atoms with van der Waals surface area (Å²) in [5.74, 6) is 0.854. The van der Waals surface area contributed by atoms with Gasteiger partial charge in [0, 0.05) is 10.0 Å². The summed E-state index contributed by atoms with van der Waals surface area (Å²) in [6, 6.07) is 17.8. The van der Waals surface area contributed by atoms with Crippen LogP contribution in [0, 0.1) is 0 Å². The number of hydrogen-bond donors (Lipinski definition) is 2. The van der Waals surface area contributed by atoms with Gasteiger partial charge in [-0.3, -0.25) is 19.5 Å². The number of aromatic nitrogens is 2. The van der Waals surface area contributed by atoms with Gasteiger partial charge in [0.2, 0.25) is 5.91 Å². The Morgan fingerprint density at radius 2 is 1.72 bits per heavy atom. The van der Waals surface area contributed by atoms with Crippen LogP contribution in [0.15, 0.2) is 79.1 Å². The quantitative estimate of drug-likeness (QED) is 0.485. The summed E-state index contributed by atoms with van der Waals surface area (Å²) in [6.07, 6.45) is 0. The Bertz CT molecular complexity index is 1300. The molecule has 0 radical (unpaired) electrons. The second-order valence-corrected chi connectivity index (χ2v) is 7.34. The molecule has 0 aliphatic carbocycles. The van der Waals surface area contributed by atoms with Crippen molar-refractivity contribution in [3.05, 3.63) is 91.6 Å². The minimum Gasteiger partial charge on any atom is -0.459 e. The normalized spacial score (nSPS) is 10.9. The Hall–Kier alpha value is -3.39. The highest BCUT2D eigenvalue weighted by molar-refractivity contribution is 9.10. The van der Waals surface area contributed by atoms with Crippen LogP contribution in [-0.4, -0.2) is 15.7 Å². The molecule has 4 aromatic rings. The first kappa shape index (κ1) is 18.9. The molecule has 0 fully saturated rings. The van der Waals surface area contributed by atoms with Crippen LogP contribution in [0.3, 0.4) is 0 Å². The number of aromatic amines is 1. The van der Waals surface area contributed by atoms with E-state index in [-0.39, 0.29) is 18.5 Å². The van der Waals surface area contributed by atoms with Gasteiger partial charge in [-0.2, -0.15) is 0 Å². The highest BCUT2D eigenvalue weighted by atomic mass is 79.9. The van der Waals surface area contributed by atoms with E-state index in [0.717, 1.165) is 14.7 Å². The fourth-order valence-electron chi connectivity index (χ4n) is 2.99. The number of furan rings is 1. The first-order valence-electron chi connectivity index (χ1n) is 8.84. The van der Waals surface area contributed by atoms with Crippen LogP contribution in [0.25, 0.3) is 22.1 Å². The molecule has 2 aromatic carbocycles. The third-order valence-corrected chi connectivity index (χ3v) is 4.96. The lowest BCUT2D eigenvalue weighted by molar-refractivity contribution is -0.122. The number of amides is 1. The molecule has 1 amide bonds. The number of hydrogen-bond acceptors (Lipinski definition) is 4. The average Bonchev–Trinajstić information content (AvgIpc) is 3.20. The maximum Gasteiger partial charge on any atom is 0.273 e. The van der Waals surface area contributed by atoms with Crippen LogP contribution < -0.4 is 16.4 Å². The smallest absolute Gasteiger partial charge is 0.273 e. The molecule has 4 rings (SSSR count). The summed E-state index contributed by atoms with van der Waals surface area (Å²) >= 11 is 3.39. The van der Waals surface area contributed by atoms with E-state index in [1.54, 1.807) is 30.3 Å². The van der Waals surface area contributed by atoms with Crippen LogP contribution in [0.1, 0.15) is 5.76 Å². The van der Waals surface area contributed by atoms with Gasteiger partial charge >= 0.3 is 0 Å². The van der Waals surface area contributed by atoms with Crippen LogP contribution in [0.2, 0.25) is 0 Å². The van der Waals surface area contributed by atoms with Crippen LogP contribution >= 0.6 is 15.9 Å². The molecule has 0 spiro atoms. The highest BCUT2D eigenvalue weighted by Crippen LogP contribution is 2.23. The van der Waals surface area contributed by atoms with Crippen LogP contribution in [-0.2, 0) is 17.9 Å². The molecule has 8 heteroatoms. The van der Waals surface area contributed by atoms with E-state index in [0.29, 0.717) is 16.9 Å². The molecule has 29 heavy (non-hydrogen) atoms. The molecular formula is C21H16BrN3O4. The minimum absolute atomic E-state index is 0.169. The largest absolute Gasteiger partial charge is 0.459 e. The molecule has 0 aliphatic rings. The molecule has 0 saturated carbocycles. The third-order valence-electron chi connectivity index (χ3n) is 4.44. The van der Waals surface area contributed by atoms with Crippen molar-refractivity contribution in [1.29, 1.82) is 0 Å². The van der Waals surface area contributed by atoms with E-state index in [1.807, 2.05) is 30.3 Å². The van der Waals surface area contributed by atoms with Gasteiger partial charge in [-0.1, -0.05) is 40.2 Å². The number of carbonyl (C=O) groups excluding carboxylic acids is 1. The molecule has 0 aliphatic heterocycles. The molecule has 0 saturated heterocycles. The summed E-state index contributed by atoms with van der Waals surface area (Å²) in [5.41, 5.74) is 0.0788. The van der Waals surface area contributed by atoms with Crippen molar-refractivity contribution < 1.29 is 9.21 Å². The summed E-state index contributed by atoms with van der Waals surface area (Å²) in [5, 5.41) is 5.70. The van der Waals surface area contributed by atoms with E-state index < -0.39 is 17.0 Å². The first-order chi connectivity index (χ1) is 14.0. The van der Waals surface area contributed by atoms with Gasteiger partial charge < -0.3 is 9.73 Å². The predicted octanol–water partition coefficient (Wildman–Crippen LogP) is 3.03. The molecule has 0 atom stereocenters. The molecule has 2 aromatic heterocycles. The number of nitrogens with zero attached hydrogens (tertiary/aromatic N) is 1. The van der Waals surface area contributed by atoms with Crippen molar-refractivity contribution >= 4 is 32.6 Å². The van der Waals surface area contributed by atoms with Crippen molar-refractivity contribution in [2.24, 2.45) is 0 Å². The van der Waals surface area contributed by atoms with Crippen molar-refractivity contribution in [3.8, 4) is 11.3 Å². The van der Waals surface area contributed by atoms with Gasteiger partial charge in [-0.25, -0.2) is 4.68 Å². The second-order valence-electron chi connectivity index (χ2n) is 6.43. The van der Waals surface area contributed by atoms with Crippen molar-refractivity contribution in [2.75, 3.05) is 0 Å². The molecule has 0 unspecified atom stereocenters. The van der Waals surface area contributed by atoms with Crippen molar-refractivity contribution in [1.82, 2.24) is 15.1 Å². The van der Waals surface area contributed by atoms with E-state index in [9.17, 15) is 14.4 Å². The Labute approximate surface area is 173 Å². The fraction of sp³-hybridized carbons (Fsp3) is 0.0952. The Morgan fingerprint density at radius 3 is 2.48 bits per heavy atom. The Kier molecular flexibility index (Phi) is 5.18. The average molecular weight is 454 g/mol. The molecule has 2 N–H and O–H groups in total. The number of halogens is 1. The van der Waals surface area contributed by atoms with E-state index >= 15 is 0 Å². The van der Waals surface area contributed by atoms with E-state index in [4.69, 9.17) is 4.42 Å². The zero-order valence-electron chi connectivity index (χ0n) is 15.1. The van der Waals surface area contributed by atoms with Gasteiger partial charge in [-0.05, 0) is 36.4 Å². The summed E-state index contributed by atoms with van der Waals surface area (Å²) in [7, 11) is 0. The molecule has 7 nitrogen and oxygen atoms in total. The number of H-pyrrole nitrogens is 1. The lowest BCUT2D eigenvalue weighted by Gasteiger charge is -2.07.